The van der Waals surface area contributed by atoms with Crippen molar-refractivity contribution in [3.05, 3.63) is 34.6 Å². The van der Waals surface area contributed by atoms with Gasteiger partial charge in [0.25, 0.3) is 0 Å². The summed E-state index contributed by atoms with van der Waals surface area (Å²) in [5.74, 6) is -0.515. The zero-order valence-corrected chi connectivity index (χ0v) is 14.4. The molecule has 0 aromatic heterocycles. The van der Waals surface area contributed by atoms with Crippen molar-refractivity contribution in [1.82, 2.24) is 15.5 Å². The fourth-order valence-electron chi connectivity index (χ4n) is 3.07. The van der Waals surface area contributed by atoms with Crippen molar-refractivity contribution in [3.63, 3.8) is 0 Å². The molecule has 0 spiro atoms. The molecule has 2 atom stereocenters. The van der Waals surface area contributed by atoms with Gasteiger partial charge in [-0.25, -0.2) is 4.39 Å². The Bertz CT molecular complexity index is 532. The SMILES string of the molecule is Cl.O=C(NCCN1CCNCC1)C1CC1c1c(F)cccc1Cl. The highest BCUT2D eigenvalue weighted by Gasteiger charge is 2.46. The predicted molar refractivity (Wildman–Crippen MR) is 91.8 cm³/mol. The molecule has 0 bridgehead atoms. The first-order valence-electron chi connectivity index (χ1n) is 7.81. The second-order valence-corrected chi connectivity index (χ2v) is 6.37. The van der Waals surface area contributed by atoms with E-state index in [1.54, 1.807) is 12.1 Å². The summed E-state index contributed by atoms with van der Waals surface area (Å²) < 4.78 is 13.8. The Morgan fingerprint density at radius 1 is 1.39 bits per heavy atom. The summed E-state index contributed by atoms with van der Waals surface area (Å²) in [4.78, 5) is 14.5. The van der Waals surface area contributed by atoms with E-state index >= 15 is 0 Å². The van der Waals surface area contributed by atoms with E-state index in [1.165, 1.54) is 6.07 Å². The Kier molecular flexibility index (Phi) is 6.65. The van der Waals surface area contributed by atoms with Crippen LogP contribution < -0.4 is 10.6 Å². The Hall–Kier alpha value is -0.880. The summed E-state index contributed by atoms with van der Waals surface area (Å²) in [5.41, 5.74) is 0.492. The molecule has 1 saturated heterocycles. The summed E-state index contributed by atoms with van der Waals surface area (Å²) in [6.45, 7) is 5.56. The monoisotopic (exact) mass is 361 g/mol. The highest BCUT2D eigenvalue weighted by molar-refractivity contribution is 6.31. The number of piperazine rings is 1. The third kappa shape index (κ3) is 4.57. The number of hydrogen-bond donors (Lipinski definition) is 2. The van der Waals surface area contributed by atoms with Crippen LogP contribution in [0.2, 0.25) is 5.02 Å². The summed E-state index contributed by atoms with van der Waals surface area (Å²) >= 11 is 6.06. The van der Waals surface area contributed by atoms with Crippen molar-refractivity contribution in [2.75, 3.05) is 39.3 Å². The first-order valence-corrected chi connectivity index (χ1v) is 8.19. The lowest BCUT2D eigenvalue weighted by atomic mass is 10.1. The van der Waals surface area contributed by atoms with E-state index < -0.39 is 0 Å². The lowest BCUT2D eigenvalue weighted by Gasteiger charge is -2.27. The molecule has 2 N–H and O–H groups in total. The van der Waals surface area contributed by atoms with Crippen molar-refractivity contribution in [2.45, 2.75) is 12.3 Å². The summed E-state index contributed by atoms with van der Waals surface area (Å²) in [6.07, 6.45) is 0.681. The maximum atomic E-state index is 13.8. The van der Waals surface area contributed by atoms with E-state index in [2.05, 4.69) is 15.5 Å². The number of amides is 1. The zero-order valence-electron chi connectivity index (χ0n) is 12.9. The fourth-order valence-corrected chi connectivity index (χ4v) is 3.37. The van der Waals surface area contributed by atoms with Crippen molar-refractivity contribution < 1.29 is 9.18 Å². The third-order valence-electron chi connectivity index (χ3n) is 4.43. The first-order chi connectivity index (χ1) is 10.7. The number of carbonyl (C=O) groups is 1. The second-order valence-electron chi connectivity index (χ2n) is 5.97. The molecule has 23 heavy (non-hydrogen) atoms. The van der Waals surface area contributed by atoms with Crippen LogP contribution in [0, 0.1) is 11.7 Å². The van der Waals surface area contributed by atoms with Gasteiger partial charge in [-0.15, -0.1) is 12.4 Å². The Balaban J connectivity index is 0.00000192. The molecule has 7 heteroatoms. The van der Waals surface area contributed by atoms with Gasteiger partial charge in [-0.1, -0.05) is 17.7 Å². The van der Waals surface area contributed by atoms with Gasteiger partial charge in [0.2, 0.25) is 5.91 Å². The maximum Gasteiger partial charge on any atom is 0.223 e. The van der Waals surface area contributed by atoms with Crippen LogP contribution in [0.4, 0.5) is 4.39 Å². The maximum absolute atomic E-state index is 13.8. The lowest BCUT2D eigenvalue weighted by molar-refractivity contribution is -0.122. The van der Waals surface area contributed by atoms with E-state index in [0.717, 1.165) is 32.7 Å². The standard InChI is InChI=1S/C16H21ClFN3O.ClH/c17-13-2-1-3-14(18)15(13)11-10-12(11)16(22)20-6-9-21-7-4-19-5-8-21;/h1-3,11-12,19H,4-10H2,(H,20,22);1H. The van der Waals surface area contributed by atoms with Gasteiger partial charge in [-0.05, 0) is 18.6 Å². The van der Waals surface area contributed by atoms with E-state index in [4.69, 9.17) is 11.6 Å². The molecular formula is C16H22Cl2FN3O. The Morgan fingerprint density at radius 2 is 2.13 bits per heavy atom. The Morgan fingerprint density at radius 3 is 2.83 bits per heavy atom. The average Bonchev–Trinajstić information content (AvgIpc) is 3.28. The second kappa shape index (κ2) is 8.29. The predicted octanol–water partition coefficient (Wildman–Crippen LogP) is 2.03. The lowest BCUT2D eigenvalue weighted by Crippen LogP contribution is -2.46. The molecule has 0 radical (unpaired) electrons. The smallest absolute Gasteiger partial charge is 0.223 e. The molecular weight excluding hydrogens is 340 g/mol. The van der Waals surface area contributed by atoms with Crippen LogP contribution >= 0.6 is 24.0 Å². The molecule has 1 saturated carbocycles. The van der Waals surface area contributed by atoms with Crippen LogP contribution in [0.5, 0.6) is 0 Å². The number of nitrogens with one attached hydrogen (secondary N) is 2. The van der Waals surface area contributed by atoms with Crippen molar-refractivity contribution in [3.8, 4) is 0 Å². The third-order valence-corrected chi connectivity index (χ3v) is 4.76. The van der Waals surface area contributed by atoms with Crippen LogP contribution in [-0.4, -0.2) is 50.1 Å². The van der Waals surface area contributed by atoms with Crippen molar-refractivity contribution in [1.29, 1.82) is 0 Å². The van der Waals surface area contributed by atoms with E-state index in [0.29, 0.717) is 23.6 Å². The van der Waals surface area contributed by atoms with Gasteiger partial charge < -0.3 is 10.6 Å². The molecule has 1 aliphatic carbocycles. The average molecular weight is 362 g/mol. The number of carbonyl (C=O) groups excluding carboxylic acids is 1. The highest BCUT2D eigenvalue weighted by Crippen LogP contribution is 2.50. The molecule has 1 amide bonds. The van der Waals surface area contributed by atoms with Gasteiger partial charge in [0, 0.05) is 61.7 Å². The number of halogens is 3. The number of rotatable bonds is 5. The molecule has 4 nitrogen and oxygen atoms in total. The minimum absolute atomic E-state index is 0. The van der Waals surface area contributed by atoms with Crippen LogP contribution in [0.15, 0.2) is 18.2 Å². The number of benzene rings is 1. The quantitative estimate of drug-likeness (QED) is 0.843. The highest BCUT2D eigenvalue weighted by atomic mass is 35.5. The van der Waals surface area contributed by atoms with Gasteiger partial charge in [0.15, 0.2) is 0 Å². The number of hydrogen-bond acceptors (Lipinski definition) is 3. The largest absolute Gasteiger partial charge is 0.355 e. The molecule has 2 unspecified atom stereocenters. The normalized spacial score (nSPS) is 23.9. The van der Waals surface area contributed by atoms with Gasteiger partial charge in [0.1, 0.15) is 5.82 Å². The van der Waals surface area contributed by atoms with E-state index in [9.17, 15) is 9.18 Å². The topological polar surface area (TPSA) is 44.4 Å². The van der Waals surface area contributed by atoms with E-state index in [1.807, 2.05) is 0 Å². The van der Waals surface area contributed by atoms with Gasteiger partial charge >= 0.3 is 0 Å². The summed E-state index contributed by atoms with van der Waals surface area (Å²) in [7, 11) is 0. The zero-order chi connectivity index (χ0) is 15.5. The molecule has 2 aliphatic rings. The molecule has 128 valence electrons. The van der Waals surface area contributed by atoms with Gasteiger partial charge in [0.05, 0.1) is 0 Å². The fraction of sp³-hybridized carbons (Fsp3) is 0.562. The number of nitrogens with zero attached hydrogens (tertiary/aromatic N) is 1. The van der Waals surface area contributed by atoms with Crippen LogP contribution in [0.25, 0.3) is 0 Å². The van der Waals surface area contributed by atoms with E-state index in [-0.39, 0.29) is 36.0 Å². The minimum atomic E-state index is -0.311. The van der Waals surface area contributed by atoms with Gasteiger partial charge in [-0.2, -0.15) is 0 Å². The van der Waals surface area contributed by atoms with Crippen molar-refractivity contribution >= 4 is 29.9 Å². The van der Waals surface area contributed by atoms with Crippen molar-refractivity contribution in [2.24, 2.45) is 5.92 Å². The summed E-state index contributed by atoms with van der Waals surface area (Å²) in [5, 5.41) is 6.68. The van der Waals surface area contributed by atoms with Gasteiger partial charge in [-0.3, -0.25) is 9.69 Å². The van der Waals surface area contributed by atoms with Crippen LogP contribution in [-0.2, 0) is 4.79 Å². The molecule has 2 fully saturated rings. The van der Waals surface area contributed by atoms with Crippen LogP contribution in [0.3, 0.4) is 0 Å². The van der Waals surface area contributed by atoms with Crippen LogP contribution in [0.1, 0.15) is 17.9 Å². The molecule has 1 aromatic carbocycles. The summed E-state index contributed by atoms with van der Waals surface area (Å²) in [6, 6.07) is 4.67. The molecule has 1 aliphatic heterocycles. The molecule has 1 heterocycles. The first kappa shape index (κ1) is 18.5. The molecule has 3 rings (SSSR count). The molecule has 1 aromatic rings. The Labute approximate surface area is 147 Å². The minimum Gasteiger partial charge on any atom is -0.355 e.